The summed E-state index contributed by atoms with van der Waals surface area (Å²) in [6.07, 6.45) is -1.46. The second-order valence-electron chi connectivity index (χ2n) is 8.93. The molecule has 2 N–H and O–H groups in total. The molecule has 9 heteroatoms. The highest BCUT2D eigenvalue weighted by molar-refractivity contribution is 5.94. The molecule has 180 valence electrons. The Morgan fingerprint density at radius 2 is 1.59 bits per heavy atom. The summed E-state index contributed by atoms with van der Waals surface area (Å²) in [7, 11) is 0. The molecule has 4 rings (SSSR count). The number of rotatable bonds is 5. The first-order chi connectivity index (χ1) is 16.1. The monoisotopic (exact) mass is 471 g/mol. The van der Waals surface area contributed by atoms with Crippen LogP contribution in [0.2, 0.25) is 0 Å². The van der Waals surface area contributed by atoms with Crippen LogP contribution in [-0.2, 0) is 6.18 Å². The van der Waals surface area contributed by atoms with E-state index in [1.54, 1.807) is 25.1 Å². The lowest BCUT2D eigenvalue weighted by molar-refractivity contribution is -0.141. The topological polar surface area (TPSA) is 71.8 Å². The summed E-state index contributed by atoms with van der Waals surface area (Å²) in [4.78, 5) is 16.3. The Hall–Kier alpha value is -3.36. The zero-order chi connectivity index (χ0) is 24.5. The molecule has 0 unspecified atom stereocenters. The van der Waals surface area contributed by atoms with E-state index in [0.29, 0.717) is 16.9 Å². The number of pyridine rings is 1. The average Bonchev–Trinajstić information content (AvgIpc) is 3.12. The van der Waals surface area contributed by atoms with Gasteiger partial charge in [0.25, 0.3) is 5.91 Å². The van der Waals surface area contributed by atoms with Gasteiger partial charge in [0.15, 0.2) is 0 Å². The van der Waals surface area contributed by atoms with E-state index in [0.717, 1.165) is 48.8 Å². The first-order valence-electron chi connectivity index (χ1n) is 11.4. The maximum atomic E-state index is 13.0. The summed E-state index contributed by atoms with van der Waals surface area (Å²) in [5.74, 6) is -0.129. The normalized spacial score (nSPS) is 18.5. The minimum absolute atomic E-state index is 0.0335. The van der Waals surface area contributed by atoms with Gasteiger partial charge in [-0.25, -0.2) is 9.67 Å². The standard InChI is InChI=1S/C25H28F3N5O/c1-15-13-21(14-23(29-15)25(26,27)28)30-19-6-8-20(9-7-19)31-24(34)18-4-10-22(11-5-18)33-17(3)12-16(2)32-33/h4-5,10-14,19-20H,6-9H2,1-3H3,(H,29,30)(H,31,34)/t19-,20+. The number of anilines is 1. The van der Waals surface area contributed by atoms with Gasteiger partial charge in [0, 0.05) is 34.7 Å². The van der Waals surface area contributed by atoms with Gasteiger partial charge in [0.2, 0.25) is 0 Å². The number of nitrogens with zero attached hydrogens (tertiary/aromatic N) is 3. The van der Waals surface area contributed by atoms with Gasteiger partial charge < -0.3 is 10.6 Å². The number of alkyl halides is 3. The second kappa shape index (κ2) is 9.48. The summed E-state index contributed by atoms with van der Waals surface area (Å²) in [5, 5.41) is 10.7. The van der Waals surface area contributed by atoms with Crippen molar-refractivity contribution in [1.82, 2.24) is 20.1 Å². The molecule has 1 amide bonds. The van der Waals surface area contributed by atoms with Gasteiger partial charge in [-0.2, -0.15) is 18.3 Å². The Morgan fingerprint density at radius 1 is 0.941 bits per heavy atom. The van der Waals surface area contributed by atoms with Crippen LogP contribution in [0.3, 0.4) is 0 Å². The van der Waals surface area contributed by atoms with Crippen molar-refractivity contribution in [2.45, 2.75) is 64.7 Å². The number of aromatic nitrogens is 3. The first-order valence-corrected chi connectivity index (χ1v) is 11.4. The minimum atomic E-state index is -4.47. The number of nitrogens with one attached hydrogen (secondary N) is 2. The molecule has 3 aromatic rings. The number of carbonyl (C=O) groups is 1. The highest BCUT2D eigenvalue weighted by Crippen LogP contribution is 2.31. The fourth-order valence-corrected chi connectivity index (χ4v) is 4.43. The summed E-state index contributed by atoms with van der Waals surface area (Å²) >= 11 is 0. The molecule has 2 heterocycles. The second-order valence-corrected chi connectivity index (χ2v) is 8.93. The van der Waals surface area contributed by atoms with E-state index in [-0.39, 0.29) is 18.0 Å². The Morgan fingerprint density at radius 3 is 2.18 bits per heavy atom. The SMILES string of the molecule is Cc1cc(N[C@H]2CC[C@@H](NC(=O)c3ccc(-n4nc(C)cc4C)cc3)CC2)cc(C(F)(F)F)n1. The minimum Gasteiger partial charge on any atom is -0.382 e. The van der Waals surface area contributed by atoms with Crippen molar-refractivity contribution in [2.24, 2.45) is 0 Å². The third-order valence-electron chi connectivity index (χ3n) is 6.06. The van der Waals surface area contributed by atoms with E-state index in [1.807, 2.05) is 36.7 Å². The van der Waals surface area contributed by atoms with Gasteiger partial charge in [-0.3, -0.25) is 4.79 Å². The summed E-state index contributed by atoms with van der Waals surface area (Å²) in [6, 6.07) is 12.1. The lowest BCUT2D eigenvalue weighted by atomic mass is 9.90. The summed E-state index contributed by atoms with van der Waals surface area (Å²) < 4.78 is 40.9. The van der Waals surface area contributed by atoms with Crippen LogP contribution in [-0.4, -0.2) is 32.8 Å². The average molecular weight is 472 g/mol. The van der Waals surface area contributed by atoms with E-state index >= 15 is 0 Å². The highest BCUT2D eigenvalue weighted by Gasteiger charge is 2.33. The van der Waals surface area contributed by atoms with Crippen LogP contribution in [0.4, 0.5) is 18.9 Å². The molecule has 6 nitrogen and oxygen atoms in total. The zero-order valence-electron chi connectivity index (χ0n) is 19.4. The molecule has 34 heavy (non-hydrogen) atoms. The van der Waals surface area contributed by atoms with E-state index in [9.17, 15) is 18.0 Å². The lowest BCUT2D eigenvalue weighted by Gasteiger charge is -2.30. The predicted molar refractivity (Wildman–Crippen MR) is 124 cm³/mol. The lowest BCUT2D eigenvalue weighted by Crippen LogP contribution is -2.40. The number of amides is 1. The van der Waals surface area contributed by atoms with E-state index in [2.05, 4.69) is 20.7 Å². The van der Waals surface area contributed by atoms with Gasteiger partial charge in [-0.1, -0.05) is 0 Å². The molecule has 1 aromatic carbocycles. The van der Waals surface area contributed by atoms with Crippen LogP contribution in [0, 0.1) is 20.8 Å². The molecule has 1 saturated carbocycles. The Balaban J connectivity index is 1.31. The third-order valence-corrected chi connectivity index (χ3v) is 6.06. The van der Waals surface area contributed by atoms with Gasteiger partial charge >= 0.3 is 6.18 Å². The van der Waals surface area contributed by atoms with Crippen LogP contribution in [0.5, 0.6) is 0 Å². The first kappa shape index (κ1) is 23.8. The molecular weight excluding hydrogens is 443 g/mol. The summed E-state index contributed by atoms with van der Waals surface area (Å²) in [6.45, 7) is 5.47. The number of hydrogen-bond acceptors (Lipinski definition) is 4. The van der Waals surface area contributed by atoms with Crippen molar-refractivity contribution in [3.05, 3.63) is 70.8 Å². The molecule has 1 fully saturated rings. The van der Waals surface area contributed by atoms with E-state index < -0.39 is 11.9 Å². The molecule has 0 radical (unpaired) electrons. The molecule has 0 spiro atoms. The largest absolute Gasteiger partial charge is 0.433 e. The van der Waals surface area contributed by atoms with Gasteiger partial charge in [-0.05, 0) is 88.9 Å². The molecule has 1 aliphatic carbocycles. The number of halogens is 3. The maximum Gasteiger partial charge on any atom is 0.433 e. The molecular formula is C25H28F3N5O. The zero-order valence-corrected chi connectivity index (χ0v) is 19.4. The van der Waals surface area contributed by atoms with Crippen molar-refractivity contribution in [3.63, 3.8) is 0 Å². The van der Waals surface area contributed by atoms with Crippen molar-refractivity contribution < 1.29 is 18.0 Å². The van der Waals surface area contributed by atoms with Crippen LogP contribution >= 0.6 is 0 Å². The van der Waals surface area contributed by atoms with Crippen molar-refractivity contribution in [2.75, 3.05) is 5.32 Å². The van der Waals surface area contributed by atoms with Crippen molar-refractivity contribution >= 4 is 11.6 Å². The Labute approximate surface area is 196 Å². The van der Waals surface area contributed by atoms with E-state index in [1.165, 1.54) is 0 Å². The van der Waals surface area contributed by atoms with Crippen LogP contribution in [0.25, 0.3) is 5.69 Å². The number of benzene rings is 1. The van der Waals surface area contributed by atoms with Gasteiger partial charge in [0.1, 0.15) is 5.69 Å². The molecule has 0 bridgehead atoms. The molecule has 1 aliphatic rings. The molecule has 0 atom stereocenters. The number of carbonyl (C=O) groups excluding carboxylic acids is 1. The molecule has 2 aromatic heterocycles. The van der Waals surface area contributed by atoms with E-state index in [4.69, 9.17) is 0 Å². The van der Waals surface area contributed by atoms with Crippen LogP contribution < -0.4 is 10.6 Å². The Kier molecular flexibility index (Phi) is 6.63. The van der Waals surface area contributed by atoms with Crippen LogP contribution in [0.15, 0.2) is 42.5 Å². The molecule has 0 aliphatic heterocycles. The highest BCUT2D eigenvalue weighted by atomic mass is 19.4. The smallest absolute Gasteiger partial charge is 0.382 e. The maximum absolute atomic E-state index is 13.0. The quantitative estimate of drug-likeness (QED) is 0.525. The van der Waals surface area contributed by atoms with Crippen molar-refractivity contribution in [1.29, 1.82) is 0 Å². The fourth-order valence-electron chi connectivity index (χ4n) is 4.43. The fraction of sp³-hybridized carbons (Fsp3) is 0.400. The predicted octanol–water partition coefficient (Wildman–Crippen LogP) is 5.36. The number of aryl methyl sites for hydroxylation is 3. The number of hydrogen-bond donors (Lipinski definition) is 2. The van der Waals surface area contributed by atoms with Crippen LogP contribution in [0.1, 0.15) is 58.8 Å². The van der Waals surface area contributed by atoms with Gasteiger partial charge in [-0.15, -0.1) is 0 Å². The molecule has 0 saturated heterocycles. The summed E-state index contributed by atoms with van der Waals surface area (Å²) in [5.41, 5.74) is 3.30. The Bertz CT molecular complexity index is 1160. The van der Waals surface area contributed by atoms with Gasteiger partial charge in [0.05, 0.1) is 11.4 Å². The van der Waals surface area contributed by atoms with Crippen molar-refractivity contribution in [3.8, 4) is 5.69 Å². The third kappa shape index (κ3) is 5.58.